The van der Waals surface area contributed by atoms with Crippen molar-refractivity contribution in [2.45, 2.75) is 64.1 Å². The van der Waals surface area contributed by atoms with Crippen molar-refractivity contribution in [2.24, 2.45) is 0 Å². The molecule has 1 aromatic carbocycles. The summed E-state index contributed by atoms with van der Waals surface area (Å²) in [5.41, 5.74) is 1.75. The van der Waals surface area contributed by atoms with Gasteiger partial charge in [0.2, 0.25) is 0 Å². The molecule has 128 valence electrons. The molecule has 1 aromatic rings. The van der Waals surface area contributed by atoms with Crippen molar-refractivity contribution in [2.75, 3.05) is 11.9 Å². The van der Waals surface area contributed by atoms with Gasteiger partial charge in [0.25, 0.3) is 0 Å². The summed E-state index contributed by atoms with van der Waals surface area (Å²) >= 11 is 0. The van der Waals surface area contributed by atoms with Crippen LogP contribution in [-0.2, 0) is 11.2 Å². The zero-order chi connectivity index (χ0) is 16.9. The van der Waals surface area contributed by atoms with E-state index in [1.54, 1.807) is 0 Å². The van der Waals surface area contributed by atoms with Crippen LogP contribution >= 0.6 is 0 Å². The number of ether oxygens (including phenoxy) is 1. The maximum atomic E-state index is 11.8. The third kappa shape index (κ3) is 6.10. The van der Waals surface area contributed by atoms with Crippen LogP contribution in [0.1, 0.15) is 45.6 Å². The number of benzene rings is 1. The first-order valence-electron chi connectivity index (χ1n) is 8.31. The Morgan fingerprint density at radius 1 is 1.22 bits per heavy atom. The minimum Gasteiger partial charge on any atom is -0.444 e. The minimum absolute atomic E-state index is 0.163. The van der Waals surface area contributed by atoms with E-state index in [1.807, 2.05) is 45.0 Å². The Morgan fingerprint density at radius 3 is 2.48 bits per heavy atom. The van der Waals surface area contributed by atoms with Gasteiger partial charge in [-0.05, 0) is 64.2 Å². The van der Waals surface area contributed by atoms with Gasteiger partial charge in [0, 0.05) is 24.4 Å². The van der Waals surface area contributed by atoms with E-state index in [-0.39, 0.29) is 18.7 Å². The quantitative estimate of drug-likeness (QED) is 0.780. The molecular weight excluding hydrogens is 292 g/mol. The molecule has 0 spiro atoms. The van der Waals surface area contributed by atoms with Crippen molar-refractivity contribution in [3.05, 3.63) is 29.8 Å². The van der Waals surface area contributed by atoms with Crippen LogP contribution in [0.4, 0.5) is 10.5 Å². The summed E-state index contributed by atoms with van der Waals surface area (Å²) in [5, 5.41) is 15.4. The fourth-order valence-corrected chi connectivity index (χ4v) is 2.85. The summed E-state index contributed by atoms with van der Waals surface area (Å²) < 4.78 is 5.30. The first-order chi connectivity index (χ1) is 10.9. The number of hydrogen-bond donors (Lipinski definition) is 3. The van der Waals surface area contributed by atoms with Crippen molar-refractivity contribution in [1.82, 2.24) is 5.32 Å². The van der Waals surface area contributed by atoms with Gasteiger partial charge in [0.15, 0.2) is 0 Å². The highest BCUT2D eigenvalue weighted by molar-refractivity contribution is 5.68. The first-order valence-corrected chi connectivity index (χ1v) is 8.31. The lowest BCUT2D eigenvalue weighted by Gasteiger charge is -2.22. The van der Waals surface area contributed by atoms with E-state index in [4.69, 9.17) is 9.84 Å². The molecule has 0 heterocycles. The average molecular weight is 320 g/mol. The van der Waals surface area contributed by atoms with Crippen LogP contribution in [-0.4, -0.2) is 35.5 Å². The number of hydrogen-bond acceptors (Lipinski definition) is 4. The SMILES string of the molecule is CC(C)(C)OC(=O)NC1CCC(Nc2ccc(CCO)cc2)C1. The lowest BCUT2D eigenvalue weighted by Crippen LogP contribution is -2.38. The second kappa shape index (κ2) is 7.68. The number of anilines is 1. The van der Waals surface area contributed by atoms with Gasteiger partial charge in [-0.1, -0.05) is 12.1 Å². The Balaban J connectivity index is 1.77. The summed E-state index contributed by atoms with van der Waals surface area (Å²) in [7, 11) is 0. The van der Waals surface area contributed by atoms with Gasteiger partial charge >= 0.3 is 6.09 Å². The van der Waals surface area contributed by atoms with E-state index >= 15 is 0 Å². The maximum absolute atomic E-state index is 11.8. The van der Waals surface area contributed by atoms with E-state index in [9.17, 15) is 4.79 Å². The lowest BCUT2D eigenvalue weighted by molar-refractivity contribution is 0.0505. The second-order valence-corrected chi connectivity index (χ2v) is 7.17. The Hall–Kier alpha value is -1.75. The van der Waals surface area contributed by atoms with Crippen LogP contribution in [0.5, 0.6) is 0 Å². The predicted octanol–water partition coefficient (Wildman–Crippen LogP) is 3.08. The number of carbonyl (C=O) groups excluding carboxylic acids is 1. The molecule has 0 saturated heterocycles. The molecule has 5 heteroatoms. The maximum Gasteiger partial charge on any atom is 0.407 e. The van der Waals surface area contributed by atoms with Crippen LogP contribution in [0.25, 0.3) is 0 Å². The van der Waals surface area contributed by atoms with Crippen LogP contribution in [0.15, 0.2) is 24.3 Å². The number of alkyl carbamates (subject to hydrolysis) is 1. The third-order valence-electron chi connectivity index (χ3n) is 3.88. The van der Waals surface area contributed by atoms with Gasteiger partial charge in [-0.15, -0.1) is 0 Å². The van der Waals surface area contributed by atoms with Crippen molar-refractivity contribution in [1.29, 1.82) is 0 Å². The fraction of sp³-hybridized carbons (Fsp3) is 0.611. The first kappa shape index (κ1) is 17.6. The van der Waals surface area contributed by atoms with Crippen LogP contribution in [0.3, 0.4) is 0 Å². The summed E-state index contributed by atoms with van der Waals surface area (Å²) in [4.78, 5) is 11.8. The van der Waals surface area contributed by atoms with Crippen molar-refractivity contribution < 1.29 is 14.6 Å². The molecule has 0 radical (unpaired) electrons. The molecule has 23 heavy (non-hydrogen) atoms. The zero-order valence-corrected chi connectivity index (χ0v) is 14.3. The van der Waals surface area contributed by atoms with E-state index in [0.29, 0.717) is 12.5 Å². The molecule has 2 unspecified atom stereocenters. The molecule has 1 fully saturated rings. The van der Waals surface area contributed by atoms with Crippen molar-refractivity contribution in [3.8, 4) is 0 Å². The molecular formula is C18H28N2O3. The highest BCUT2D eigenvalue weighted by atomic mass is 16.6. The summed E-state index contributed by atoms with van der Waals surface area (Å²) in [6.45, 7) is 5.78. The summed E-state index contributed by atoms with van der Waals surface area (Å²) in [6, 6.07) is 8.67. The second-order valence-electron chi connectivity index (χ2n) is 7.17. The summed E-state index contributed by atoms with van der Waals surface area (Å²) in [6.07, 6.45) is 3.23. The predicted molar refractivity (Wildman–Crippen MR) is 91.7 cm³/mol. The van der Waals surface area contributed by atoms with E-state index in [2.05, 4.69) is 10.6 Å². The number of nitrogens with one attached hydrogen (secondary N) is 2. The number of aliphatic hydroxyl groups is 1. The number of aliphatic hydroxyl groups excluding tert-OH is 1. The molecule has 1 aliphatic carbocycles. The third-order valence-corrected chi connectivity index (χ3v) is 3.88. The molecule has 2 rings (SSSR count). The lowest BCUT2D eigenvalue weighted by atomic mass is 10.1. The molecule has 0 bridgehead atoms. The Morgan fingerprint density at radius 2 is 1.87 bits per heavy atom. The monoisotopic (exact) mass is 320 g/mol. The van der Waals surface area contributed by atoms with Gasteiger partial charge in [0.1, 0.15) is 5.60 Å². The molecule has 0 aliphatic heterocycles. The number of carbonyl (C=O) groups is 1. The average Bonchev–Trinajstić information content (AvgIpc) is 2.86. The molecule has 5 nitrogen and oxygen atoms in total. The highest BCUT2D eigenvalue weighted by Crippen LogP contribution is 2.24. The molecule has 2 atom stereocenters. The molecule has 1 aliphatic rings. The topological polar surface area (TPSA) is 70.6 Å². The van der Waals surface area contributed by atoms with Crippen molar-refractivity contribution >= 4 is 11.8 Å². The normalized spacial score (nSPS) is 21.0. The fourth-order valence-electron chi connectivity index (χ4n) is 2.85. The molecule has 1 saturated carbocycles. The Kier molecular flexibility index (Phi) is 5.88. The smallest absolute Gasteiger partial charge is 0.407 e. The van der Waals surface area contributed by atoms with Crippen LogP contribution in [0, 0.1) is 0 Å². The van der Waals surface area contributed by atoms with Crippen LogP contribution in [0.2, 0.25) is 0 Å². The minimum atomic E-state index is -0.462. The molecule has 1 amide bonds. The van der Waals surface area contributed by atoms with Gasteiger partial charge in [0.05, 0.1) is 0 Å². The highest BCUT2D eigenvalue weighted by Gasteiger charge is 2.27. The van der Waals surface area contributed by atoms with Crippen LogP contribution < -0.4 is 10.6 Å². The van der Waals surface area contributed by atoms with E-state index in [1.165, 1.54) is 0 Å². The molecule has 0 aromatic heterocycles. The van der Waals surface area contributed by atoms with E-state index in [0.717, 1.165) is 30.5 Å². The van der Waals surface area contributed by atoms with Gasteiger partial charge in [-0.25, -0.2) is 4.79 Å². The van der Waals surface area contributed by atoms with E-state index < -0.39 is 5.60 Å². The number of amides is 1. The largest absolute Gasteiger partial charge is 0.444 e. The zero-order valence-electron chi connectivity index (χ0n) is 14.3. The number of rotatable bonds is 5. The Labute approximate surface area is 138 Å². The Bertz CT molecular complexity index is 508. The van der Waals surface area contributed by atoms with Gasteiger partial charge < -0.3 is 20.5 Å². The van der Waals surface area contributed by atoms with Gasteiger partial charge in [-0.2, -0.15) is 0 Å². The van der Waals surface area contributed by atoms with Gasteiger partial charge in [-0.3, -0.25) is 0 Å². The van der Waals surface area contributed by atoms with Crippen molar-refractivity contribution in [3.63, 3.8) is 0 Å². The molecule has 3 N–H and O–H groups in total. The summed E-state index contributed by atoms with van der Waals surface area (Å²) in [5.74, 6) is 0. The standard InChI is InChI=1S/C18H28N2O3/c1-18(2,3)23-17(22)20-16-9-8-15(12-16)19-14-6-4-13(5-7-14)10-11-21/h4-7,15-16,19,21H,8-12H2,1-3H3,(H,20,22).